The fraction of sp³-hybridized carbons (Fsp3) is 0.188. The number of carbonyl (C=O) groups excluding carboxylic acids is 1. The van der Waals surface area contributed by atoms with Gasteiger partial charge in [0.15, 0.2) is 0 Å². The number of hydrogen-bond donors (Lipinski definition) is 1. The Kier molecular flexibility index (Phi) is 3.68. The Morgan fingerprint density at radius 2 is 2.00 bits per heavy atom. The summed E-state index contributed by atoms with van der Waals surface area (Å²) in [6.07, 6.45) is 1.18. The summed E-state index contributed by atoms with van der Waals surface area (Å²) in [4.78, 5) is 13.9. The molecule has 108 valence electrons. The molecule has 0 spiro atoms. The molecule has 3 rings (SSSR count). The molecule has 1 heterocycles. The lowest BCUT2D eigenvalue weighted by molar-refractivity contribution is -0.119. The summed E-state index contributed by atoms with van der Waals surface area (Å²) in [7, 11) is 0. The fourth-order valence-electron chi connectivity index (χ4n) is 2.57. The Balaban J connectivity index is 1.94. The number of amides is 1. The van der Waals surface area contributed by atoms with Gasteiger partial charge in [0.2, 0.25) is 5.91 Å². The molecule has 21 heavy (non-hydrogen) atoms. The molecule has 5 heteroatoms. The summed E-state index contributed by atoms with van der Waals surface area (Å²) in [5.74, 6) is -0.232. The van der Waals surface area contributed by atoms with Gasteiger partial charge in [0.25, 0.3) is 0 Å². The minimum absolute atomic E-state index is 0.0766. The van der Waals surface area contributed by atoms with Crippen molar-refractivity contribution in [3.63, 3.8) is 0 Å². The summed E-state index contributed by atoms with van der Waals surface area (Å²) in [5, 5.41) is 0. The first-order chi connectivity index (χ1) is 10.0. The predicted molar refractivity (Wildman–Crippen MR) is 84.5 cm³/mol. The maximum atomic E-state index is 13.3. The van der Waals surface area contributed by atoms with Crippen LogP contribution >= 0.6 is 15.9 Å². The van der Waals surface area contributed by atoms with Gasteiger partial charge in [-0.15, -0.1) is 0 Å². The molecule has 0 fully saturated rings. The second-order valence-corrected chi connectivity index (χ2v) is 5.97. The van der Waals surface area contributed by atoms with Gasteiger partial charge in [-0.2, -0.15) is 0 Å². The highest BCUT2D eigenvalue weighted by atomic mass is 79.9. The van der Waals surface area contributed by atoms with Gasteiger partial charge in [0.1, 0.15) is 5.82 Å². The lowest BCUT2D eigenvalue weighted by atomic mass is 10.00. The van der Waals surface area contributed by atoms with Crippen molar-refractivity contribution in [3.05, 3.63) is 57.8 Å². The second-order valence-electron chi connectivity index (χ2n) is 5.12. The largest absolute Gasteiger partial charge is 0.399 e. The molecule has 0 aliphatic carbocycles. The van der Waals surface area contributed by atoms with Gasteiger partial charge < -0.3 is 10.6 Å². The standard InChI is InChI=1S/C16H14BrFN2O/c17-13-7-10(1-4-14(13)18)9-20-15-5-3-12(19)8-11(15)2-6-16(20)21/h1,3-5,7-8H,2,6,9,19H2. The van der Waals surface area contributed by atoms with E-state index < -0.39 is 0 Å². The number of anilines is 2. The normalized spacial score (nSPS) is 14.2. The molecular formula is C16H14BrFN2O. The lowest BCUT2D eigenvalue weighted by Gasteiger charge is -2.29. The number of aryl methyl sites for hydroxylation is 1. The molecule has 1 aliphatic heterocycles. The highest BCUT2D eigenvalue weighted by molar-refractivity contribution is 9.10. The van der Waals surface area contributed by atoms with Crippen LogP contribution in [0.2, 0.25) is 0 Å². The number of nitrogens with zero attached hydrogens (tertiary/aromatic N) is 1. The number of fused-ring (bicyclic) bond motifs is 1. The zero-order chi connectivity index (χ0) is 15.0. The van der Waals surface area contributed by atoms with Crippen LogP contribution < -0.4 is 10.6 Å². The number of nitrogens with two attached hydrogens (primary N) is 1. The molecule has 0 radical (unpaired) electrons. The molecule has 0 unspecified atom stereocenters. The number of hydrogen-bond acceptors (Lipinski definition) is 2. The summed E-state index contributed by atoms with van der Waals surface area (Å²) in [6, 6.07) is 10.4. The third kappa shape index (κ3) is 2.78. The summed E-state index contributed by atoms with van der Waals surface area (Å²) < 4.78 is 13.7. The van der Waals surface area contributed by atoms with Crippen LogP contribution in [0.4, 0.5) is 15.8 Å². The van der Waals surface area contributed by atoms with Gasteiger partial charge >= 0.3 is 0 Å². The van der Waals surface area contributed by atoms with Crippen LogP contribution in [0.1, 0.15) is 17.5 Å². The first-order valence-corrected chi connectivity index (χ1v) is 7.46. The molecular weight excluding hydrogens is 335 g/mol. The van der Waals surface area contributed by atoms with Crippen molar-refractivity contribution < 1.29 is 9.18 Å². The summed E-state index contributed by atoms with van der Waals surface area (Å²) in [6.45, 7) is 0.425. The Hall–Kier alpha value is -1.88. The average molecular weight is 349 g/mol. The highest BCUT2D eigenvalue weighted by Gasteiger charge is 2.24. The molecule has 2 aromatic carbocycles. The summed E-state index contributed by atoms with van der Waals surface area (Å²) >= 11 is 3.17. The molecule has 0 aromatic heterocycles. The van der Waals surface area contributed by atoms with E-state index in [4.69, 9.17) is 5.73 Å². The van der Waals surface area contributed by atoms with Crippen LogP contribution in [0, 0.1) is 5.82 Å². The smallest absolute Gasteiger partial charge is 0.227 e. The van der Waals surface area contributed by atoms with Gasteiger partial charge in [-0.25, -0.2) is 4.39 Å². The number of nitrogen functional groups attached to an aromatic ring is 1. The van der Waals surface area contributed by atoms with Gasteiger partial charge in [0.05, 0.1) is 11.0 Å². The number of rotatable bonds is 2. The monoisotopic (exact) mass is 348 g/mol. The first-order valence-electron chi connectivity index (χ1n) is 6.67. The van der Waals surface area contributed by atoms with Gasteiger partial charge in [-0.05, 0) is 63.8 Å². The van der Waals surface area contributed by atoms with Crippen LogP contribution in [-0.4, -0.2) is 5.91 Å². The molecule has 3 nitrogen and oxygen atoms in total. The van der Waals surface area contributed by atoms with Crippen molar-refractivity contribution in [3.8, 4) is 0 Å². The predicted octanol–water partition coefficient (Wildman–Crippen LogP) is 3.65. The van der Waals surface area contributed by atoms with E-state index in [-0.39, 0.29) is 11.7 Å². The zero-order valence-electron chi connectivity index (χ0n) is 11.3. The Morgan fingerprint density at radius 3 is 2.76 bits per heavy atom. The maximum Gasteiger partial charge on any atom is 0.227 e. The highest BCUT2D eigenvalue weighted by Crippen LogP contribution is 2.31. The van der Waals surface area contributed by atoms with Crippen LogP contribution in [0.5, 0.6) is 0 Å². The van der Waals surface area contributed by atoms with E-state index in [9.17, 15) is 9.18 Å². The van der Waals surface area contributed by atoms with E-state index in [1.54, 1.807) is 23.1 Å². The molecule has 0 saturated carbocycles. The second kappa shape index (κ2) is 5.48. The fourth-order valence-corrected chi connectivity index (χ4v) is 3.00. The van der Waals surface area contributed by atoms with E-state index in [0.717, 1.165) is 16.8 Å². The SMILES string of the molecule is Nc1ccc2c(c1)CCC(=O)N2Cc1ccc(F)c(Br)c1. The molecule has 1 amide bonds. The van der Waals surface area contributed by atoms with Crippen LogP contribution in [0.3, 0.4) is 0 Å². The van der Waals surface area contributed by atoms with E-state index in [1.165, 1.54) is 6.07 Å². The third-order valence-corrected chi connectivity index (χ3v) is 4.24. The van der Waals surface area contributed by atoms with Gasteiger partial charge in [0, 0.05) is 17.8 Å². The van der Waals surface area contributed by atoms with Crippen molar-refractivity contribution in [2.75, 3.05) is 10.6 Å². The van der Waals surface area contributed by atoms with Crippen LogP contribution in [-0.2, 0) is 17.8 Å². The van der Waals surface area contributed by atoms with Gasteiger partial charge in [-0.3, -0.25) is 4.79 Å². The first kappa shape index (κ1) is 14.1. The maximum absolute atomic E-state index is 13.3. The number of carbonyl (C=O) groups is 1. The van der Waals surface area contributed by atoms with E-state index >= 15 is 0 Å². The quantitative estimate of drug-likeness (QED) is 0.842. The summed E-state index contributed by atoms with van der Waals surface area (Å²) in [5.41, 5.74) is 9.35. The van der Waals surface area contributed by atoms with Crippen molar-refractivity contribution in [1.82, 2.24) is 0 Å². The molecule has 0 atom stereocenters. The number of benzene rings is 2. The van der Waals surface area contributed by atoms with Crippen molar-refractivity contribution in [2.24, 2.45) is 0 Å². The Morgan fingerprint density at radius 1 is 1.19 bits per heavy atom. The number of halogens is 2. The molecule has 0 saturated heterocycles. The molecule has 2 N–H and O–H groups in total. The van der Waals surface area contributed by atoms with Crippen molar-refractivity contribution in [1.29, 1.82) is 0 Å². The van der Waals surface area contributed by atoms with E-state index in [0.29, 0.717) is 29.5 Å². The van der Waals surface area contributed by atoms with Crippen LogP contribution in [0.15, 0.2) is 40.9 Å². The Bertz CT molecular complexity index is 717. The zero-order valence-corrected chi connectivity index (χ0v) is 12.9. The Labute approximate surface area is 130 Å². The molecule has 2 aromatic rings. The van der Waals surface area contributed by atoms with Crippen molar-refractivity contribution >= 4 is 33.2 Å². The van der Waals surface area contributed by atoms with E-state index in [1.807, 2.05) is 12.1 Å². The minimum atomic E-state index is -0.308. The topological polar surface area (TPSA) is 46.3 Å². The third-order valence-electron chi connectivity index (χ3n) is 3.63. The van der Waals surface area contributed by atoms with Gasteiger partial charge in [-0.1, -0.05) is 6.07 Å². The van der Waals surface area contributed by atoms with Crippen LogP contribution in [0.25, 0.3) is 0 Å². The lowest BCUT2D eigenvalue weighted by Crippen LogP contribution is -2.34. The van der Waals surface area contributed by atoms with Crippen molar-refractivity contribution in [2.45, 2.75) is 19.4 Å². The molecule has 0 bridgehead atoms. The molecule has 1 aliphatic rings. The minimum Gasteiger partial charge on any atom is -0.399 e. The average Bonchev–Trinajstić information content (AvgIpc) is 2.46. The van der Waals surface area contributed by atoms with E-state index in [2.05, 4.69) is 15.9 Å².